The Balaban J connectivity index is 2.51. The van der Waals surface area contributed by atoms with Gasteiger partial charge in [0, 0.05) is 12.0 Å². The third-order valence-corrected chi connectivity index (χ3v) is 4.59. The van der Waals surface area contributed by atoms with Crippen molar-refractivity contribution in [2.45, 2.75) is 25.7 Å². The molecule has 0 amide bonds. The van der Waals surface area contributed by atoms with Crippen molar-refractivity contribution in [1.82, 2.24) is 0 Å². The summed E-state index contributed by atoms with van der Waals surface area (Å²) in [6.45, 7) is 5.06. The first-order valence-electron chi connectivity index (χ1n) is 5.13. The molecule has 82 valence electrons. The molecule has 1 aliphatic carbocycles. The van der Waals surface area contributed by atoms with Gasteiger partial charge in [0.15, 0.2) is 0 Å². The van der Waals surface area contributed by atoms with E-state index in [0.29, 0.717) is 12.3 Å². The normalized spacial score (nSPS) is 27.7. The number of hydrogen-bond acceptors (Lipinski definition) is 2. The summed E-state index contributed by atoms with van der Waals surface area (Å²) in [6, 6.07) is 5.61. The Morgan fingerprint density at radius 3 is 2.53 bits per heavy atom. The molecule has 2 nitrogen and oxygen atoms in total. The van der Waals surface area contributed by atoms with Crippen LogP contribution in [0.2, 0.25) is 0 Å². The Morgan fingerprint density at radius 1 is 1.47 bits per heavy atom. The van der Waals surface area contributed by atoms with Crippen molar-refractivity contribution >= 4 is 15.9 Å². The van der Waals surface area contributed by atoms with E-state index >= 15 is 0 Å². The fourth-order valence-corrected chi connectivity index (χ4v) is 3.16. The zero-order valence-electron chi connectivity index (χ0n) is 9.05. The minimum absolute atomic E-state index is 0.0323. The van der Waals surface area contributed by atoms with E-state index in [0.717, 1.165) is 16.5 Å². The van der Waals surface area contributed by atoms with E-state index in [1.54, 1.807) is 6.07 Å². The fraction of sp³-hybridized carbons (Fsp3) is 0.500. The number of nitrogens with two attached hydrogens (primary N) is 1. The summed E-state index contributed by atoms with van der Waals surface area (Å²) in [5, 5.41) is 9.67. The fourth-order valence-electron chi connectivity index (χ4n) is 2.52. The van der Waals surface area contributed by atoms with Crippen LogP contribution in [0.4, 0.5) is 0 Å². The average Bonchev–Trinajstić information content (AvgIpc) is 2.74. The van der Waals surface area contributed by atoms with E-state index in [-0.39, 0.29) is 10.8 Å². The largest absolute Gasteiger partial charge is 0.507 e. The number of hydrogen-bond donors (Lipinski definition) is 2. The number of rotatable bonds is 2. The maximum Gasteiger partial charge on any atom is 0.130 e. The highest BCUT2D eigenvalue weighted by atomic mass is 79.9. The van der Waals surface area contributed by atoms with E-state index in [4.69, 9.17) is 5.73 Å². The van der Waals surface area contributed by atoms with Crippen LogP contribution in [-0.2, 0) is 5.41 Å². The number of phenols is 1. The maximum absolute atomic E-state index is 9.67. The predicted molar refractivity (Wildman–Crippen MR) is 64.9 cm³/mol. The lowest BCUT2D eigenvalue weighted by molar-refractivity contribution is 0.463. The smallest absolute Gasteiger partial charge is 0.130 e. The van der Waals surface area contributed by atoms with Crippen molar-refractivity contribution in [1.29, 1.82) is 0 Å². The van der Waals surface area contributed by atoms with E-state index in [9.17, 15) is 5.11 Å². The monoisotopic (exact) mass is 269 g/mol. The van der Waals surface area contributed by atoms with Crippen LogP contribution < -0.4 is 5.73 Å². The quantitative estimate of drug-likeness (QED) is 0.868. The summed E-state index contributed by atoms with van der Waals surface area (Å²) < 4.78 is 0.793. The summed E-state index contributed by atoms with van der Waals surface area (Å²) in [4.78, 5) is 0. The second kappa shape index (κ2) is 3.22. The van der Waals surface area contributed by atoms with Gasteiger partial charge in [-0.15, -0.1) is 0 Å². The molecule has 1 aliphatic rings. The lowest BCUT2D eigenvalue weighted by Crippen LogP contribution is -2.25. The summed E-state index contributed by atoms with van der Waals surface area (Å²) in [7, 11) is 0. The predicted octanol–water partition coefficient (Wildman–Crippen LogP) is 2.78. The third-order valence-electron chi connectivity index (χ3n) is 3.76. The van der Waals surface area contributed by atoms with Gasteiger partial charge in [-0.25, -0.2) is 0 Å². The zero-order valence-corrected chi connectivity index (χ0v) is 10.6. The van der Waals surface area contributed by atoms with Gasteiger partial charge in [0.05, 0.1) is 4.47 Å². The molecule has 1 unspecified atom stereocenters. The molecule has 0 saturated heterocycles. The summed E-state index contributed by atoms with van der Waals surface area (Å²) in [5.41, 5.74) is 7.29. The third kappa shape index (κ3) is 1.41. The molecule has 0 aromatic heterocycles. The van der Waals surface area contributed by atoms with E-state index in [1.165, 1.54) is 0 Å². The first-order chi connectivity index (χ1) is 6.94. The molecule has 1 saturated carbocycles. The Bertz CT molecular complexity index is 403. The Kier molecular flexibility index (Phi) is 2.36. The van der Waals surface area contributed by atoms with Crippen LogP contribution in [0.15, 0.2) is 22.7 Å². The molecule has 0 radical (unpaired) electrons. The highest BCUT2D eigenvalue weighted by Gasteiger charge is 2.61. The summed E-state index contributed by atoms with van der Waals surface area (Å²) >= 11 is 3.44. The highest BCUT2D eigenvalue weighted by Crippen LogP contribution is 2.65. The second-order valence-corrected chi connectivity index (χ2v) is 5.78. The number of aromatic hydroxyl groups is 1. The zero-order chi connectivity index (χ0) is 11.3. The van der Waals surface area contributed by atoms with Crippen molar-refractivity contribution in [2.75, 3.05) is 6.54 Å². The van der Waals surface area contributed by atoms with Crippen LogP contribution in [0.25, 0.3) is 0 Å². The van der Waals surface area contributed by atoms with Crippen LogP contribution in [-0.4, -0.2) is 11.7 Å². The number of halogens is 1. The van der Waals surface area contributed by atoms with Crippen LogP contribution in [0, 0.1) is 5.41 Å². The minimum Gasteiger partial charge on any atom is -0.507 e. The molecule has 0 bridgehead atoms. The summed E-state index contributed by atoms with van der Waals surface area (Å²) in [6.07, 6.45) is 1.08. The summed E-state index contributed by atoms with van der Waals surface area (Å²) in [5.74, 6) is 0.294. The molecule has 0 heterocycles. The minimum atomic E-state index is 0.0323. The van der Waals surface area contributed by atoms with E-state index < -0.39 is 0 Å². The van der Waals surface area contributed by atoms with Crippen molar-refractivity contribution in [2.24, 2.45) is 11.1 Å². The van der Waals surface area contributed by atoms with Crippen LogP contribution >= 0.6 is 15.9 Å². The molecule has 1 fully saturated rings. The molecule has 0 spiro atoms. The van der Waals surface area contributed by atoms with Gasteiger partial charge in [-0.3, -0.25) is 0 Å². The van der Waals surface area contributed by atoms with Gasteiger partial charge >= 0.3 is 0 Å². The van der Waals surface area contributed by atoms with Gasteiger partial charge in [-0.2, -0.15) is 0 Å². The second-order valence-electron chi connectivity index (χ2n) is 4.99. The molecule has 3 N–H and O–H groups in total. The maximum atomic E-state index is 9.67. The van der Waals surface area contributed by atoms with E-state index in [1.807, 2.05) is 12.1 Å². The molecule has 1 aromatic rings. The average molecular weight is 270 g/mol. The SMILES string of the molecule is CC1(C)CC1(CN)c1cccc(O)c1Br. The first kappa shape index (κ1) is 11.0. The van der Waals surface area contributed by atoms with Crippen molar-refractivity contribution in [3.8, 4) is 5.75 Å². The van der Waals surface area contributed by atoms with Gasteiger partial charge in [0.25, 0.3) is 0 Å². The van der Waals surface area contributed by atoms with Gasteiger partial charge in [0.2, 0.25) is 0 Å². The Hall–Kier alpha value is -0.540. The number of phenolic OH excluding ortho intramolecular Hbond substituents is 1. The van der Waals surface area contributed by atoms with Crippen molar-refractivity contribution in [3.63, 3.8) is 0 Å². The van der Waals surface area contributed by atoms with Crippen LogP contribution in [0.3, 0.4) is 0 Å². The van der Waals surface area contributed by atoms with Gasteiger partial charge in [-0.05, 0) is 39.4 Å². The highest BCUT2D eigenvalue weighted by molar-refractivity contribution is 9.10. The molecule has 15 heavy (non-hydrogen) atoms. The van der Waals surface area contributed by atoms with Gasteiger partial charge in [-0.1, -0.05) is 26.0 Å². The van der Waals surface area contributed by atoms with Gasteiger partial charge in [0.1, 0.15) is 5.75 Å². The molecule has 0 aliphatic heterocycles. The Morgan fingerprint density at radius 2 is 2.07 bits per heavy atom. The Labute approximate surface area is 98.6 Å². The molecule has 1 aromatic carbocycles. The van der Waals surface area contributed by atoms with Crippen LogP contribution in [0.5, 0.6) is 5.75 Å². The molecular weight excluding hydrogens is 254 g/mol. The molecule has 2 rings (SSSR count). The lowest BCUT2D eigenvalue weighted by atomic mass is 9.88. The van der Waals surface area contributed by atoms with E-state index in [2.05, 4.69) is 29.8 Å². The first-order valence-corrected chi connectivity index (χ1v) is 5.92. The standard InChI is InChI=1S/C12H16BrNO/c1-11(2)6-12(11,7-14)8-4-3-5-9(15)10(8)13/h3-5,15H,6-7,14H2,1-2H3. The topological polar surface area (TPSA) is 46.2 Å². The van der Waals surface area contributed by atoms with Crippen LogP contribution in [0.1, 0.15) is 25.8 Å². The lowest BCUT2D eigenvalue weighted by Gasteiger charge is -2.20. The number of benzene rings is 1. The molecule has 1 atom stereocenters. The van der Waals surface area contributed by atoms with Crippen molar-refractivity contribution in [3.05, 3.63) is 28.2 Å². The molecule has 3 heteroatoms. The van der Waals surface area contributed by atoms with Gasteiger partial charge < -0.3 is 10.8 Å². The van der Waals surface area contributed by atoms with Crippen molar-refractivity contribution < 1.29 is 5.11 Å². The molecular formula is C12H16BrNO.